The Morgan fingerprint density at radius 2 is 1.55 bits per heavy atom. The van der Waals surface area contributed by atoms with Gasteiger partial charge in [-0.25, -0.2) is 0 Å². The third kappa shape index (κ3) is 2.13. The molecule has 0 saturated carbocycles. The van der Waals surface area contributed by atoms with Crippen molar-refractivity contribution in [3.63, 3.8) is 0 Å². The Morgan fingerprint density at radius 3 is 2.41 bits per heavy atom. The van der Waals surface area contributed by atoms with Crippen LogP contribution in [0, 0.1) is 0 Å². The Labute approximate surface area is 126 Å². The normalized spacial score (nSPS) is 10.9. The molecular formula is C19H13NO2. The molecule has 106 valence electrons. The van der Waals surface area contributed by atoms with E-state index in [1.54, 1.807) is 0 Å². The molecule has 0 unspecified atom stereocenters. The average molecular weight is 287 g/mol. The largest absolute Gasteiger partial charge is 0.439 e. The van der Waals surface area contributed by atoms with E-state index in [2.05, 4.69) is 5.32 Å². The first-order valence-electron chi connectivity index (χ1n) is 7.09. The minimum absolute atomic E-state index is 0.0505. The summed E-state index contributed by atoms with van der Waals surface area (Å²) in [4.78, 5) is 12.3. The van der Waals surface area contributed by atoms with Crippen molar-refractivity contribution in [3.05, 3.63) is 83.0 Å². The van der Waals surface area contributed by atoms with Crippen LogP contribution in [0.1, 0.15) is 0 Å². The summed E-state index contributed by atoms with van der Waals surface area (Å²) < 4.78 is 5.95. The van der Waals surface area contributed by atoms with Crippen LogP contribution in [0.3, 0.4) is 0 Å². The van der Waals surface area contributed by atoms with Gasteiger partial charge < -0.3 is 9.73 Å². The Kier molecular flexibility index (Phi) is 2.90. The number of anilines is 2. The molecule has 1 aromatic heterocycles. The lowest BCUT2D eigenvalue weighted by molar-refractivity contribution is 0.625. The van der Waals surface area contributed by atoms with Gasteiger partial charge in [0.15, 0.2) is 5.43 Å². The van der Waals surface area contributed by atoms with Crippen LogP contribution in [-0.2, 0) is 0 Å². The van der Waals surface area contributed by atoms with E-state index >= 15 is 0 Å². The highest BCUT2D eigenvalue weighted by Gasteiger charge is 2.08. The monoisotopic (exact) mass is 287 g/mol. The summed E-state index contributed by atoms with van der Waals surface area (Å²) in [6.07, 6.45) is 0. The highest BCUT2D eigenvalue weighted by Crippen LogP contribution is 2.26. The van der Waals surface area contributed by atoms with Crippen LogP contribution in [-0.4, -0.2) is 0 Å². The smallest absolute Gasteiger partial charge is 0.201 e. The maximum Gasteiger partial charge on any atom is 0.201 e. The lowest BCUT2D eigenvalue weighted by Crippen LogP contribution is -2.02. The van der Waals surface area contributed by atoms with E-state index in [1.807, 2.05) is 66.7 Å². The van der Waals surface area contributed by atoms with Crippen molar-refractivity contribution in [1.29, 1.82) is 0 Å². The number of fused-ring (bicyclic) bond motifs is 3. The zero-order chi connectivity index (χ0) is 14.9. The van der Waals surface area contributed by atoms with Gasteiger partial charge in [-0.05, 0) is 23.6 Å². The number of benzene rings is 3. The van der Waals surface area contributed by atoms with Crippen molar-refractivity contribution >= 4 is 33.3 Å². The molecule has 0 aliphatic rings. The average Bonchev–Trinajstić information content (AvgIpc) is 2.56. The summed E-state index contributed by atoms with van der Waals surface area (Å²) in [6.45, 7) is 0. The van der Waals surface area contributed by atoms with Gasteiger partial charge in [0.05, 0.1) is 5.39 Å². The van der Waals surface area contributed by atoms with E-state index in [4.69, 9.17) is 4.42 Å². The lowest BCUT2D eigenvalue weighted by atomic mass is 10.1. The molecule has 22 heavy (non-hydrogen) atoms. The zero-order valence-corrected chi connectivity index (χ0v) is 11.7. The van der Waals surface area contributed by atoms with Crippen molar-refractivity contribution in [2.75, 3.05) is 5.32 Å². The first-order chi connectivity index (χ1) is 10.8. The molecular weight excluding hydrogens is 274 g/mol. The second kappa shape index (κ2) is 5.04. The van der Waals surface area contributed by atoms with Crippen molar-refractivity contribution < 1.29 is 4.42 Å². The van der Waals surface area contributed by atoms with Crippen molar-refractivity contribution in [3.8, 4) is 0 Å². The SMILES string of the molecule is O=c1cc(Nc2ccccc2)oc2c1ccc1ccccc12. The van der Waals surface area contributed by atoms with Gasteiger partial charge in [0, 0.05) is 17.1 Å². The molecule has 0 amide bonds. The lowest BCUT2D eigenvalue weighted by Gasteiger charge is -2.08. The molecule has 3 nitrogen and oxygen atoms in total. The van der Waals surface area contributed by atoms with Crippen LogP contribution in [0.5, 0.6) is 0 Å². The van der Waals surface area contributed by atoms with E-state index in [1.165, 1.54) is 6.07 Å². The number of rotatable bonds is 2. The molecule has 0 saturated heterocycles. The fourth-order valence-electron chi connectivity index (χ4n) is 2.61. The molecule has 0 radical (unpaired) electrons. The van der Waals surface area contributed by atoms with E-state index in [0.29, 0.717) is 16.9 Å². The van der Waals surface area contributed by atoms with Gasteiger partial charge in [-0.2, -0.15) is 0 Å². The summed E-state index contributed by atoms with van der Waals surface area (Å²) in [5, 5.41) is 5.72. The summed E-state index contributed by atoms with van der Waals surface area (Å²) in [5.41, 5.74) is 1.44. The van der Waals surface area contributed by atoms with E-state index in [9.17, 15) is 4.79 Å². The van der Waals surface area contributed by atoms with Gasteiger partial charge >= 0.3 is 0 Å². The van der Waals surface area contributed by atoms with Gasteiger partial charge in [-0.15, -0.1) is 0 Å². The number of hydrogen-bond acceptors (Lipinski definition) is 3. The van der Waals surface area contributed by atoms with E-state index < -0.39 is 0 Å². The first kappa shape index (κ1) is 12.7. The minimum atomic E-state index is -0.0505. The molecule has 1 N–H and O–H groups in total. The number of hydrogen-bond donors (Lipinski definition) is 1. The summed E-state index contributed by atoms with van der Waals surface area (Å²) >= 11 is 0. The quantitative estimate of drug-likeness (QED) is 0.544. The molecule has 0 atom stereocenters. The third-order valence-corrected chi connectivity index (χ3v) is 3.66. The second-order valence-electron chi connectivity index (χ2n) is 5.13. The summed E-state index contributed by atoms with van der Waals surface area (Å²) in [6, 6.07) is 22.8. The van der Waals surface area contributed by atoms with Crippen LogP contribution in [0.4, 0.5) is 11.6 Å². The molecule has 3 aromatic carbocycles. The fraction of sp³-hybridized carbons (Fsp3) is 0. The molecule has 0 bridgehead atoms. The first-order valence-corrected chi connectivity index (χ1v) is 7.09. The molecule has 3 heteroatoms. The predicted molar refractivity (Wildman–Crippen MR) is 89.7 cm³/mol. The van der Waals surface area contributed by atoms with Crippen LogP contribution in [0.25, 0.3) is 21.7 Å². The highest BCUT2D eigenvalue weighted by molar-refractivity contribution is 6.04. The Hall–Kier alpha value is -3.07. The summed E-state index contributed by atoms with van der Waals surface area (Å²) in [5.74, 6) is 0.444. The number of para-hydroxylation sites is 1. The Balaban J connectivity index is 1.94. The molecule has 4 rings (SSSR count). The highest BCUT2D eigenvalue weighted by atomic mass is 16.3. The molecule has 0 aliphatic heterocycles. The van der Waals surface area contributed by atoms with Crippen molar-refractivity contribution in [2.24, 2.45) is 0 Å². The zero-order valence-electron chi connectivity index (χ0n) is 11.7. The molecule has 0 fully saturated rings. The topological polar surface area (TPSA) is 42.2 Å². The van der Waals surface area contributed by atoms with Crippen LogP contribution >= 0.6 is 0 Å². The van der Waals surface area contributed by atoms with E-state index in [0.717, 1.165) is 16.5 Å². The maximum atomic E-state index is 12.3. The van der Waals surface area contributed by atoms with Gasteiger partial charge in [-0.3, -0.25) is 4.79 Å². The maximum absolute atomic E-state index is 12.3. The Morgan fingerprint density at radius 1 is 0.773 bits per heavy atom. The van der Waals surface area contributed by atoms with Crippen molar-refractivity contribution in [2.45, 2.75) is 0 Å². The van der Waals surface area contributed by atoms with Crippen LogP contribution in [0.15, 0.2) is 82.0 Å². The molecule has 1 heterocycles. The Bertz CT molecular complexity index is 1020. The fourth-order valence-corrected chi connectivity index (χ4v) is 2.61. The van der Waals surface area contributed by atoms with Gasteiger partial charge in [0.1, 0.15) is 5.58 Å². The van der Waals surface area contributed by atoms with E-state index in [-0.39, 0.29) is 5.43 Å². The van der Waals surface area contributed by atoms with Crippen LogP contribution < -0.4 is 10.7 Å². The van der Waals surface area contributed by atoms with Crippen molar-refractivity contribution in [1.82, 2.24) is 0 Å². The predicted octanol–water partition coefficient (Wildman–Crippen LogP) is 4.69. The molecule has 0 aliphatic carbocycles. The minimum Gasteiger partial charge on any atom is -0.439 e. The standard InChI is InChI=1S/C19H13NO2/c21-17-12-18(20-14-7-2-1-3-8-14)22-19-15-9-5-4-6-13(15)10-11-16(17)19/h1-12,20H. The van der Waals surface area contributed by atoms with Gasteiger partial charge in [-0.1, -0.05) is 48.5 Å². The van der Waals surface area contributed by atoms with Gasteiger partial charge in [0.25, 0.3) is 0 Å². The third-order valence-electron chi connectivity index (χ3n) is 3.66. The van der Waals surface area contributed by atoms with Gasteiger partial charge in [0.2, 0.25) is 5.88 Å². The molecule has 0 spiro atoms. The molecule has 4 aromatic rings. The second-order valence-corrected chi connectivity index (χ2v) is 5.13. The number of nitrogens with one attached hydrogen (secondary N) is 1. The summed E-state index contributed by atoms with van der Waals surface area (Å²) in [7, 11) is 0. The van der Waals surface area contributed by atoms with Crippen LogP contribution in [0.2, 0.25) is 0 Å².